The number of thiophene rings is 1. The van der Waals surface area contributed by atoms with Gasteiger partial charge >= 0.3 is 0 Å². The number of fused-ring (bicyclic) bond motifs is 1. The Morgan fingerprint density at radius 2 is 1.71 bits per heavy atom. The van der Waals surface area contributed by atoms with Gasteiger partial charge in [0.05, 0.1) is 22.2 Å². The molecule has 1 aliphatic rings. The maximum absolute atomic E-state index is 13.6. The van der Waals surface area contributed by atoms with Crippen LogP contribution in [0, 0.1) is 11.3 Å². The SMILES string of the molecule is CC(NC(=O)c1c(NC(=O)c2ccccc2Cl)sc2c1CCC(C(C)(C)C)C2)c1ccccc1. The highest BCUT2D eigenvalue weighted by atomic mass is 35.5. The molecule has 0 saturated carbocycles. The molecule has 0 bridgehead atoms. The molecule has 2 aromatic carbocycles. The number of amides is 2. The molecule has 4 nitrogen and oxygen atoms in total. The van der Waals surface area contributed by atoms with E-state index in [1.165, 1.54) is 16.2 Å². The second-order valence-corrected chi connectivity index (χ2v) is 11.6. The number of nitrogens with one attached hydrogen (secondary N) is 2. The van der Waals surface area contributed by atoms with Gasteiger partial charge < -0.3 is 10.6 Å². The number of hydrogen-bond donors (Lipinski definition) is 2. The highest BCUT2D eigenvalue weighted by Crippen LogP contribution is 2.44. The monoisotopic (exact) mass is 494 g/mol. The van der Waals surface area contributed by atoms with Crippen LogP contribution in [0.25, 0.3) is 0 Å². The van der Waals surface area contributed by atoms with Crippen molar-refractivity contribution < 1.29 is 9.59 Å². The lowest BCUT2D eigenvalue weighted by atomic mass is 9.72. The fraction of sp³-hybridized carbons (Fsp3) is 0.357. The first kappa shape index (κ1) is 24.5. The summed E-state index contributed by atoms with van der Waals surface area (Å²) in [7, 11) is 0. The third-order valence-electron chi connectivity index (χ3n) is 6.71. The van der Waals surface area contributed by atoms with E-state index < -0.39 is 0 Å². The fourth-order valence-electron chi connectivity index (χ4n) is 4.56. The number of halogens is 1. The van der Waals surface area contributed by atoms with Crippen LogP contribution >= 0.6 is 22.9 Å². The molecule has 3 aromatic rings. The Bertz CT molecular complexity index is 1200. The molecule has 2 amide bonds. The maximum Gasteiger partial charge on any atom is 0.257 e. The number of hydrogen-bond acceptors (Lipinski definition) is 3. The average molecular weight is 495 g/mol. The minimum atomic E-state index is -0.304. The van der Waals surface area contributed by atoms with E-state index >= 15 is 0 Å². The van der Waals surface area contributed by atoms with Crippen LogP contribution in [-0.2, 0) is 12.8 Å². The van der Waals surface area contributed by atoms with Crippen molar-refractivity contribution in [2.75, 3.05) is 5.32 Å². The molecule has 2 N–H and O–H groups in total. The Morgan fingerprint density at radius 3 is 2.38 bits per heavy atom. The second kappa shape index (κ2) is 9.93. The summed E-state index contributed by atoms with van der Waals surface area (Å²) in [6, 6.07) is 16.7. The molecule has 0 fully saturated rings. The van der Waals surface area contributed by atoms with E-state index in [0.29, 0.717) is 27.1 Å². The summed E-state index contributed by atoms with van der Waals surface area (Å²) in [5.41, 5.74) is 3.28. The molecule has 0 spiro atoms. The minimum absolute atomic E-state index is 0.151. The summed E-state index contributed by atoms with van der Waals surface area (Å²) in [6.07, 6.45) is 2.78. The standard InChI is InChI=1S/C28H31ClN2O2S/c1-17(18-10-6-5-7-11-18)30-26(33)24-21-15-14-19(28(2,3)4)16-23(21)34-27(24)31-25(32)20-12-8-9-13-22(20)29/h5-13,17,19H,14-16H2,1-4H3,(H,30,33)(H,31,32). The third kappa shape index (κ3) is 5.21. The van der Waals surface area contributed by atoms with Crippen molar-refractivity contribution in [2.45, 2.75) is 53.0 Å². The Labute approximate surface area is 210 Å². The Morgan fingerprint density at radius 1 is 1.03 bits per heavy atom. The van der Waals surface area contributed by atoms with Crippen molar-refractivity contribution >= 4 is 39.8 Å². The van der Waals surface area contributed by atoms with Crippen molar-refractivity contribution in [3.8, 4) is 0 Å². The summed E-state index contributed by atoms with van der Waals surface area (Å²) in [6.45, 7) is 8.78. The molecular formula is C28H31ClN2O2S. The molecule has 0 aliphatic heterocycles. The topological polar surface area (TPSA) is 58.2 Å². The lowest BCUT2D eigenvalue weighted by molar-refractivity contribution is 0.0939. The van der Waals surface area contributed by atoms with Crippen molar-refractivity contribution in [3.05, 3.63) is 86.8 Å². The average Bonchev–Trinajstić information content (AvgIpc) is 3.16. The molecule has 0 radical (unpaired) electrons. The van der Waals surface area contributed by atoms with E-state index in [1.807, 2.05) is 37.3 Å². The van der Waals surface area contributed by atoms with Gasteiger partial charge in [-0.3, -0.25) is 9.59 Å². The highest BCUT2D eigenvalue weighted by molar-refractivity contribution is 7.17. The Hall–Kier alpha value is -2.63. The lowest BCUT2D eigenvalue weighted by Gasteiger charge is -2.34. The number of benzene rings is 2. The van der Waals surface area contributed by atoms with Gasteiger partial charge in [-0.25, -0.2) is 0 Å². The normalized spacial score (nSPS) is 16.4. The quantitative estimate of drug-likeness (QED) is 0.391. The molecule has 1 aliphatic carbocycles. The largest absolute Gasteiger partial charge is 0.345 e. The summed E-state index contributed by atoms with van der Waals surface area (Å²) in [5, 5.41) is 7.14. The van der Waals surface area contributed by atoms with Crippen molar-refractivity contribution in [2.24, 2.45) is 11.3 Å². The molecule has 34 heavy (non-hydrogen) atoms. The van der Waals surface area contributed by atoms with Crippen LogP contribution in [0.5, 0.6) is 0 Å². The zero-order chi connectivity index (χ0) is 24.5. The first-order valence-electron chi connectivity index (χ1n) is 11.7. The third-order valence-corrected chi connectivity index (χ3v) is 8.21. The van der Waals surface area contributed by atoms with Crippen LogP contribution in [0.3, 0.4) is 0 Å². The predicted octanol–water partition coefficient (Wildman–Crippen LogP) is 7.30. The number of anilines is 1. The molecule has 2 atom stereocenters. The van der Waals surface area contributed by atoms with E-state index in [-0.39, 0.29) is 23.3 Å². The van der Waals surface area contributed by atoms with Crippen LogP contribution in [-0.4, -0.2) is 11.8 Å². The van der Waals surface area contributed by atoms with Crippen molar-refractivity contribution in [1.82, 2.24) is 5.32 Å². The first-order valence-corrected chi connectivity index (χ1v) is 12.9. The van der Waals surface area contributed by atoms with E-state index in [2.05, 4.69) is 31.4 Å². The highest BCUT2D eigenvalue weighted by Gasteiger charge is 2.34. The van der Waals surface area contributed by atoms with Crippen LogP contribution in [0.2, 0.25) is 5.02 Å². The van der Waals surface area contributed by atoms with Crippen LogP contribution < -0.4 is 10.6 Å². The number of rotatable bonds is 5. The van der Waals surface area contributed by atoms with Gasteiger partial charge in [-0.05, 0) is 60.8 Å². The lowest BCUT2D eigenvalue weighted by Crippen LogP contribution is -2.30. The van der Waals surface area contributed by atoms with Gasteiger partial charge in [-0.2, -0.15) is 0 Å². The summed E-state index contributed by atoms with van der Waals surface area (Å²) in [4.78, 5) is 27.8. The van der Waals surface area contributed by atoms with Crippen molar-refractivity contribution in [3.63, 3.8) is 0 Å². The molecule has 178 valence electrons. The number of carbonyl (C=O) groups is 2. The molecule has 2 unspecified atom stereocenters. The first-order chi connectivity index (χ1) is 16.1. The van der Waals surface area contributed by atoms with Gasteiger partial charge in [0.1, 0.15) is 5.00 Å². The van der Waals surface area contributed by atoms with Gasteiger partial charge in [-0.1, -0.05) is 74.8 Å². The van der Waals surface area contributed by atoms with Crippen molar-refractivity contribution in [1.29, 1.82) is 0 Å². The van der Waals surface area contributed by atoms with Crippen LogP contribution in [0.15, 0.2) is 54.6 Å². The molecular weight excluding hydrogens is 464 g/mol. The van der Waals surface area contributed by atoms with E-state index in [0.717, 1.165) is 30.4 Å². The Balaban J connectivity index is 1.67. The van der Waals surface area contributed by atoms with Crippen LogP contribution in [0.1, 0.15) is 76.9 Å². The smallest absolute Gasteiger partial charge is 0.257 e. The second-order valence-electron chi connectivity index (χ2n) is 10.1. The van der Waals surface area contributed by atoms with E-state index in [9.17, 15) is 9.59 Å². The van der Waals surface area contributed by atoms with E-state index in [4.69, 9.17) is 11.6 Å². The molecule has 0 saturated heterocycles. The van der Waals surface area contributed by atoms with Crippen LogP contribution in [0.4, 0.5) is 5.00 Å². The fourth-order valence-corrected chi connectivity index (χ4v) is 6.10. The molecule has 1 heterocycles. The van der Waals surface area contributed by atoms with Gasteiger partial charge in [0.25, 0.3) is 11.8 Å². The number of carbonyl (C=O) groups excluding carboxylic acids is 2. The van der Waals surface area contributed by atoms with Gasteiger partial charge in [0, 0.05) is 4.88 Å². The van der Waals surface area contributed by atoms with Gasteiger partial charge in [0.15, 0.2) is 0 Å². The predicted molar refractivity (Wildman–Crippen MR) is 141 cm³/mol. The van der Waals surface area contributed by atoms with Gasteiger partial charge in [0.2, 0.25) is 0 Å². The Kier molecular flexibility index (Phi) is 7.15. The minimum Gasteiger partial charge on any atom is -0.345 e. The molecule has 4 rings (SSSR count). The zero-order valence-electron chi connectivity index (χ0n) is 20.1. The summed E-state index contributed by atoms with van der Waals surface area (Å²) >= 11 is 7.78. The zero-order valence-corrected chi connectivity index (χ0v) is 21.6. The van der Waals surface area contributed by atoms with E-state index in [1.54, 1.807) is 24.3 Å². The maximum atomic E-state index is 13.6. The molecule has 6 heteroatoms. The van der Waals surface area contributed by atoms with Gasteiger partial charge in [-0.15, -0.1) is 11.3 Å². The summed E-state index contributed by atoms with van der Waals surface area (Å²) in [5.74, 6) is 0.0733. The summed E-state index contributed by atoms with van der Waals surface area (Å²) < 4.78 is 0. The molecule has 1 aromatic heterocycles.